The van der Waals surface area contributed by atoms with Gasteiger partial charge < -0.3 is 19.5 Å². The molecule has 8 nitrogen and oxygen atoms in total. The third-order valence-electron chi connectivity index (χ3n) is 5.34. The molecular weight excluding hydrogens is 332 g/mol. The summed E-state index contributed by atoms with van der Waals surface area (Å²) in [4.78, 5) is 11.8. The zero-order valence-electron chi connectivity index (χ0n) is 16.1. The van der Waals surface area contributed by atoms with Crippen molar-refractivity contribution >= 4 is 5.96 Å². The average molecular weight is 364 g/mol. The molecule has 0 bridgehead atoms. The Hall–Kier alpha value is -1.64. The minimum atomic E-state index is 0.579. The lowest BCUT2D eigenvalue weighted by Crippen LogP contribution is -2.53. The zero-order chi connectivity index (χ0) is 18.2. The van der Waals surface area contributed by atoms with E-state index in [9.17, 15) is 0 Å². The predicted molar refractivity (Wildman–Crippen MR) is 101 cm³/mol. The molecule has 2 aliphatic heterocycles. The number of aliphatic imine (C=N–C) groups is 1. The van der Waals surface area contributed by atoms with Crippen LogP contribution in [0.5, 0.6) is 0 Å². The Kier molecular flexibility index (Phi) is 7.28. The molecule has 0 saturated carbocycles. The van der Waals surface area contributed by atoms with Crippen molar-refractivity contribution in [2.24, 2.45) is 4.99 Å². The third kappa shape index (κ3) is 5.18. The number of rotatable bonds is 7. The maximum absolute atomic E-state index is 5.23. The highest BCUT2D eigenvalue weighted by molar-refractivity contribution is 5.80. The van der Waals surface area contributed by atoms with Crippen LogP contribution in [0.1, 0.15) is 18.5 Å². The van der Waals surface area contributed by atoms with Gasteiger partial charge in [0.15, 0.2) is 5.96 Å². The monoisotopic (exact) mass is 364 g/mol. The number of ether oxygens (including phenoxy) is 1. The van der Waals surface area contributed by atoms with E-state index < -0.39 is 0 Å². The van der Waals surface area contributed by atoms with Gasteiger partial charge in [0.25, 0.3) is 0 Å². The fourth-order valence-electron chi connectivity index (χ4n) is 3.84. The van der Waals surface area contributed by atoms with Crippen LogP contribution in [0.2, 0.25) is 0 Å². The van der Waals surface area contributed by atoms with Crippen LogP contribution in [0, 0.1) is 0 Å². The lowest BCUT2D eigenvalue weighted by molar-refractivity contribution is 0.140. The first-order valence-corrected chi connectivity index (χ1v) is 9.60. The van der Waals surface area contributed by atoms with E-state index in [1.807, 2.05) is 13.1 Å². The van der Waals surface area contributed by atoms with Gasteiger partial charge in [-0.25, -0.2) is 0 Å². The fourth-order valence-corrected chi connectivity index (χ4v) is 3.84. The summed E-state index contributed by atoms with van der Waals surface area (Å²) >= 11 is 0. The molecule has 3 rings (SSSR count). The normalized spacial score (nSPS) is 22.9. The number of guanidine groups is 1. The summed E-state index contributed by atoms with van der Waals surface area (Å²) in [5.41, 5.74) is 0.998. The van der Waals surface area contributed by atoms with Gasteiger partial charge in [-0.1, -0.05) is 5.16 Å². The van der Waals surface area contributed by atoms with Gasteiger partial charge in [0.2, 0.25) is 0 Å². The van der Waals surface area contributed by atoms with Crippen molar-refractivity contribution in [1.29, 1.82) is 0 Å². The van der Waals surface area contributed by atoms with Gasteiger partial charge in [-0.2, -0.15) is 0 Å². The summed E-state index contributed by atoms with van der Waals surface area (Å²) in [6.07, 6.45) is 4.16. The molecule has 1 aromatic rings. The van der Waals surface area contributed by atoms with Gasteiger partial charge >= 0.3 is 0 Å². The molecule has 8 heteroatoms. The zero-order valence-corrected chi connectivity index (χ0v) is 16.1. The number of nitrogens with one attached hydrogen (secondary N) is 1. The van der Waals surface area contributed by atoms with Crippen LogP contribution >= 0.6 is 0 Å². The molecule has 0 amide bonds. The number of likely N-dealkylation sites (tertiary alicyclic amines) is 1. The summed E-state index contributed by atoms with van der Waals surface area (Å²) in [5, 5.41) is 7.60. The van der Waals surface area contributed by atoms with Crippen LogP contribution in [0.15, 0.2) is 21.8 Å². The molecule has 0 radical (unpaired) electrons. The van der Waals surface area contributed by atoms with E-state index >= 15 is 0 Å². The van der Waals surface area contributed by atoms with Gasteiger partial charge in [0.05, 0.1) is 12.3 Å². The third-order valence-corrected chi connectivity index (χ3v) is 5.34. The van der Waals surface area contributed by atoms with Crippen molar-refractivity contribution in [3.63, 3.8) is 0 Å². The molecule has 2 aliphatic rings. The Labute approximate surface area is 156 Å². The smallest absolute Gasteiger partial charge is 0.193 e. The molecule has 0 aromatic carbocycles. The van der Waals surface area contributed by atoms with Crippen molar-refractivity contribution in [1.82, 2.24) is 25.2 Å². The van der Waals surface area contributed by atoms with Crippen molar-refractivity contribution in [3.8, 4) is 0 Å². The van der Waals surface area contributed by atoms with Crippen LogP contribution < -0.4 is 5.32 Å². The second-order valence-electron chi connectivity index (χ2n) is 7.01. The minimum Gasteiger partial charge on any atom is -0.383 e. The van der Waals surface area contributed by atoms with Crippen molar-refractivity contribution < 1.29 is 9.26 Å². The maximum Gasteiger partial charge on any atom is 0.193 e. The Morgan fingerprint density at radius 3 is 2.88 bits per heavy atom. The number of hydrogen-bond donors (Lipinski definition) is 1. The molecule has 26 heavy (non-hydrogen) atoms. The van der Waals surface area contributed by atoms with Crippen molar-refractivity contribution in [2.45, 2.75) is 25.4 Å². The molecule has 2 saturated heterocycles. The molecule has 2 fully saturated rings. The standard InChI is InChI=1S/C18H32N6O2/c1-19-18(20-14-17-4-3-6-23(17)11-13-25-2)24-9-7-22(8-10-24)15-16-5-12-26-21-16/h5,12,17H,3-4,6-11,13-15H2,1-2H3,(H,19,20). The molecule has 146 valence electrons. The molecule has 0 aliphatic carbocycles. The van der Waals surface area contributed by atoms with E-state index in [1.165, 1.54) is 19.4 Å². The van der Waals surface area contributed by atoms with E-state index in [2.05, 4.69) is 30.2 Å². The van der Waals surface area contributed by atoms with E-state index in [0.29, 0.717) is 6.04 Å². The summed E-state index contributed by atoms with van der Waals surface area (Å²) in [5.74, 6) is 1.02. The maximum atomic E-state index is 5.23. The summed E-state index contributed by atoms with van der Waals surface area (Å²) in [6, 6.07) is 2.51. The summed E-state index contributed by atoms with van der Waals surface area (Å²) in [6.45, 7) is 8.79. The highest BCUT2D eigenvalue weighted by Crippen LogP contribution is 2.16. The van der Waals surface area contributed by atoms with Gasteiger partial charge in [0.1, 0.15) is 6.26 Å². The summed E-state index contributed by atoms with van der Waals surface area (Å²) < 4.78 is 10.2. The molecular formula is C18H32N6O2. The largest absolute Gasteiger partial charge is 0.383 e. The van der Waals surface area contributed by atoms with E-state index in [0.717, 1.165) is 64.1 Å². The van der Waals surface area contributed by atoms with Crippen LogP contribution in [-0.4, -0.2) is 98.4 Å². The highest BCUT2D eigenvalue weighted by atomic mass is 16.5. The molecule has 3 heterocycles. The molecule has 1 unspecified atom stereocenters. The molecule has 0 spiro atoms. The number of aromatic nitrogens is 1. The number of hydrogen-bond acceptors (Lipinski definition) is 6. The van der Waals surface area contributed by atoms with Crippen LogP contribution in [0.25, 0.3) is 0 Å². The van der Waals surface area contributed by atoms with Crippen LogP contribution in [0.3, 0.4) is 0 Å². The lowest BCUT2D eigenvalue weighted by atomic mass is 10.2. The Morgan fingerprint density at radius 1 is 1.35 bits per heavy atom. The van der Waals surface area contributed by atoms with Gasteiger partial charge in [0, 0.05) is 72.1 Å². The minimum absolute atomic E-state index is 0.579. The van der Waals surface area contributed by atoms with Crippen LogP contribution in [0.4, 0.5) is 0 Å². The Balaban J connectivity index is 1.42. The van der Waals surface area contributed by atoms with Gasteiger partial charge in [-0.3, -0.25) is 14.8 Å². The highest BCUT2D eigenvalue weighted by Gasteiger charge is 2.25. The fraction of sp³-hybridized carbons (Fsp3) is 0.778. The Bertz CT molecular complexity index is 542. The predicted octanol–water partition coefficient (Wildman–Crippen LogP) is 0.478. The topological polar surface area (TPSA) is 69.4 Å². The summed E-state index contributed by atoms with van der Waals surface area (Å²) in [7, 11) is 3.65. The second-order valence-corrected chi connectivity index (χ2v) is 7.01. The van der Waals surface area contributed by atoms with Crippen molar-refractivity contribution in [3.05, 3.63) is 18.0 Å². The quantitative estimate of drug-likeness (QED) is 0.557. The number of nitrogens with zero attached hydrogens (tertiary/aromatic N) is 5. The van der Waals surface area contributed by atoms with E-state index in [-0.39, 0.29) is 0 Å². The van der Waals surface area contributed by atoms with Crippen molar-refractivity contribution in [2.75, 3.05) is 66.6 Å². The second kappa shape index (κ2) is 9.89. The first-order valence-electron chi connectivity index (χ1n) is 9.60. The van der Waals surface area contributed by atoms with E-state index in [4.69, 9.17) is 9.26 Å². The Morgan fingerprint density at radius 2 is 2.19 bits per heavy atom. The average Bonchev–Trinajstić information content (AvgIpc) is 3.33. The number of methoxy groups -OCH3 is 1. The van der Waals surface area contributed by atoms with Crippen LogP contribution in [-0.2, 0) is 11.3 Å². The van der Waals surface area contributed by atoms with E-state index in [1.54, 1.807) is 13.4 Å². The molecule has 1 atom stereocenters. The van der Waals surface area contributed by atoms with Gasteiger partial charge in [-0.15, -0.1) is 0 Å². The lowest BCUT2D eigenvalue weighted by Gasteiger charge is -2.36. The first-order chi connectivity index (χ1) is 12.8. The van der Waals surface area contributed by atoms with Gasteiger partial charge in [-0.05, 0) is 19.4 Å². The number of piperazine rings is 1. The molecule has 1 aromatic heterocycles. The SMILES string of the molecule is CN=C(NCC1CCCN1CCOC)N1CCN(Cc2ccon2)CC1. The first kappa shape index (κ1) is 19.1. The molecule has 1 N–H and O–H groups in total.